The first kappa shape index (κ1) is 12.6. The van der Waals surface area contributed by atoms with Crippen molar-refractivity contribution in [1.82, 2.24) is 9.55 Å². The molecule has 2 aromatic rings. The van der Waals surface area contributed by atoms with E-state index in [0.717, 1.165) is 43.6 Å². The molecule has 3 nitrogen and oxygen atoms in total. The van der Waals surface area contributed by atoms with Crippen LogP contribution >= 0.6 is 0 Å². The van der Waals surface area contributed by atoms with E-state index in [1.54, 1.807) is 6.07 Å². The first-order valence-corrected chi connectivity index (χ1v) is 7.16. The zero-order chi connectivity index (χ0) is 13.2. The van der Waals surface area contributed by atoms with Gasteiger partial charge in [0.05, 0.1) is 5.52 Å². The van der Waals surface area contributed by atoms with Gasteiger partial charge in [-0.1, -0.05) is 12.5 Å². The maximum absolute atomic E-state index is 13.8. The van der Waals surface area contributed by atoms with Crippen molar-refractivity contribution in [3.05, 3.63) is 29.8 Å². The number of nitrogens with zero attached hydrogens (tertiary/aromatic N) is 2. The number of aromatic nitrogens is 2. The SMILES string of the molecule is NCCCCCc1nc2c(F)cccc2n1C1CC1. The van der Waals surface area contributed by atoms with Crippen LogP contribution in [0.2, 0.25) is 0 Å². The van der Waals surface area contributed by atoms with Crippen molar-refractivity contribution in [1.29, 1.82) is 0 Å². The van der Waals surface area contributed by atoms with Gasteiger partial charge in [0.1, 0.15) is 11.3 Å². The van der Waals surface area contributed by atoms with Crippen molar-refractivity contribution >= 4 is 11.0 Å². The fraction of sp³-hybridized carbons (Fsp3) is 0.533. The molecule has 1 saturated carbocycles. The van der Waals surface area contributed by atoms with E-state index >= 15 is 0 Å². The second kappa shape index (κ2) is 5.29. The quantitative estimate of drug-likeness (QED) is 0.812. The lowest BCUT2D eigenvalue weighted by molar-refractivity contribution is 0.629. The zero-order valence-corrected chi connectivity index (χ0v) is 11.1. The first-order chi connectivity index (χ1) is 9.31. The van der Waals surface area contributed by atoms with E-state index in [-0.39, 0.29) is 5.82 Å². The van der Waals surface area contributed by atoms with E-state index in [2.05, 4.69) is 9.55 Å². The van der Waals surface area contributed by atoms with E-state index in [1.165, 1.54) is 18.9 Å². The number of nitrogens with two attached hydrogens (primary N) is 1. The Labute approximate surface area is 112 Å². The largest absolute Gasteiger partial charge is 0.330 e. The molecule has 0 radical (unpaired) electrons. The highest BCUT2D eigenvalue weighted by Gasteiger charge is 2.28. The van der Waals surface area contributed by atoms with E-state index < -0.39 is 0 Å². The molecule has 0 atom stereocenters. The molecule has 1 heterocycles. The van der Waals surface area contributed by atoms with Crippen molar-refractivity contribution in [2.45, 2.75) is 44.6 Å². The standard InChI is InChI=1S/C15H20FN3/c16-12-5-4-6-13-15(12)18-14(7-2-1-3-10-17)19(13)11-8-9-11/h4-6,11H,1-3,7-10,17H2. The Hall–Kier alpha value is -1.42. The molecule has 0 spiro atoms. The number of hydrogen-bond acceptors (Lipinski definition) is 2. The molecule has 1 aliphatic carbocycles. The number of fused-ring (bicyclic) bond motifs is 1. The van der Waals surface area contributed by atoms with Crippen LogP contribution in [0.3, 0.4) is 0 Å². The van der Waals surface area contributed by atoms with Gasteiger partial charge in [0.2, 0.25) is 0 Å². The fourth-order valence-corrected chi connectivity index (χ4v) is 2.65. The summed E-state index contributed by atoms with van der Waals surface area (Å²) in [6, 6.07) is 5.78. The highest BCUT2D eigenvalue weighted by Crippen LogP contribution is 2.39. The lowest BCUT2D eigenvalue weighted by Gasteiger charge is -2.07. The summed E-state index contributed by atoms with van der Waals surface area (Å²) in [5.74, 6) is 0.833. The van der Waals surface area contributed by atoms with Crippen molar-refractivity contribution in [3.63, 3.8) is 0 Å². The summed E-state index contributed by atoms with van der Waals surface area (Å²) >= 11 is 0. The molecule has 0 bridgehead atoms. The van der Waals surface area contributed by atoms with E-state index in [0.29, 0.717) is 11.6 Å². The van der Waals surface area contributed by atoms with E-state index in [9.17, 15) is 4.39 Å². The minimum absolute atomic E-state index is 0.208. The molecule has 102 valence electrons. The Bertz CT molecular complexity index is 572. The molecule has 0 aliphatic heterocycles. The second-order valence-corrected chi connectivity index (χ2v) is 5.34. The molecule has 1 aromatic carbocycles. The smallest absolute Gasteiger partial charge is 0.151 e. The summed E-state index contributed by atoms with van der Waals surface area (Å²) in [5, 5.41) is 0. The summed E-state index contributed by atoms with van der Waals surface area (Å²) in [5.41, 5.74) is 6.99. The highest BCUT2D eigenvalue weighted by molar-refractivity contribution is 5.77. The van der Waals surface area contributed by atoms with Crippen molar-refractivity contribution in [2.75, 3.05) is 6.54 Å². The second-order valence-electron chi connectivity index (χ2n) is 5.34. The van der Waals surface area contributed by atoms with Crippen LogP contribution < -0.4 is 5.73 Å². The van der Waals surface area contributed by atoms with Crippen LogP contribution in [0.1, 0.15) is 44.0 Å². The van der Waals surface area contributed by atoms with Crippen LogP contribution in [0, 0.1) is 5.82 Å². The zero-order valence-electron chi connectivity index (χ0n) is 11.1. The van der Waals surface area contributed by atoms with E-state index in [4.69, 9.17) is 5.73 Å². The molecule has 1 fully saturated rings. The first-order valence-electron chi connectivity index (χ1n) is 7.16. The number of rotatable bonds is 6. The summed E-state index contributed by atoms with van der Waals surface area (Å²) in [6.45, 7) is 0.744. The summed E-state index contributed by atoms with van der Waals surface area (Å²) in [6.07, 6.45) is 6.56. The minimum Gasteiger partial charge on any atom is -0.330 e. The fourth-order valence-electron chi connectivity index (χ4n) is 2.65. The summed E-state index contributed by atoms with van der Waals surface area (Å²) in [7, 11) is 0. The Morgan fingerprint density at radius 1 is 1.26 bits per heavy atom. The number of aryl methyl sites for hydroxylation is 1. The predicted octanol–water partition coefficient (Wildman–Crippen LogP) is 3.18. The third-order valence-electron chi connectivity index (χ3n) is 3.76. The average Bonchev–Trinajstić information content (AvgIpc) is 3.17. The lowest BCUT2D eigenvalue weighted by Crippen LogP contribution is -2.03. The maximum Gasteiger partial charge on any atom is 0.151 e. The predicted molar refractivity (Wildman–Crippen MR) is 74.6 cm³/mol. The van der Waals surface area contributed by atoms with Gasteiger partial charge >= 0.3 is 0 Å². The maximum atomic E-state index is 13.8. The highest BCUT2D eigenvalue weighted by atomic mass is 19.1. The van der Waals surface area contributed by atoms with Crippen LogP contribution in [-0.2, 0) is 6.42 Å². The van der Waals surface area contributed by atoms with Gasteiger partial charge in [0.15, 0.2) is 5.82 Å². The molecule has 2 N–H and O–H groups in total. The number of halogens is 1. The topological polar surface area (TPSA) is 43.8 Å². The monoisotopic (exact) mass is 261 g/mol. The van der Waals surface area contributed by atoms with Gasteiger partial charge < -0.3 is 10.3 Å². The van der Waals surface area contributed by atoms with Gasteiger partial charge in [-0.3, -0.25) is 0 Å². The Kier molecular flexibility index (Phi) is 3.51. The minimum atomic E-state index is -0.208. The molecule has 4 heteroatoms. The molecule has 0 amide bonds. The third-order valence-corrected chi connectivity index (χ3v) is 3.76. The summed E-state index contributed by atoms with van der Waals surface area (Å²) in [4.78, 5) is 4.53. The van der Waals surface area contributed by atoms with Gasteiger partial charge in [0.25, 0.3) is 0 Å². The lowest BCUT2D eigenvalue weighted by atomic mass is 10.2. The molecule has 1 aromatic heterocycles. The van der Waals surface area contributed by atoms with Gasteiger partial charge in [-0.25, -0.2) is 9.37 Å². The molecule has 1 aliphatic rings. The van der Waals surface area contributed by atoms with Crippen LogP contribution in [0.15, 0.2) is 18.2 Å². The molecule has 0 unspecified atom stereocenters. The average molecular weight is 261 g/mol. The summed E-state index contributed by atoms with van der Waals surface area (Å²) < 4.78 is 16.1. The van der Waals surface area contributed by atoms with Crippen LogP contribution in [0.5, 0.6) is 0 Å². The third kappa shape index (κ3) is 2.50. The number of benzene rings is 1. The van der Waals surface area contributed by atoms with E-state index in [1.807, 2.05) is 6.07 Å². The Morgan fingerprint density at radius 2 is 2.11 bits per heavy atom. The van der Waals surface area contributed by atoms with Crippen LogP contribution in [0.25, 0.3) is 11.0 Å². The molecular weight excluding hydrogens is 241 g/mol. The Balaban J connectivity index is 1.89. The van der Waals surface area contributed by atoms with Gasteiger partial charge in [-0.05, 0) is 44.4 Å². The number of para-hydroxylation sites is 1. The number of unbranched alkanes of at least 4 members (excludes halogenated alkanes) is 2. The molecule has 0 saturated heterocycles. The van der Waals surface area contributed by atoms with Crippen LogP contribution in [-0.4, -0.2) is 16.1 Å². The van der Waals surface area contributed by atoms with Crippen LogP contribution in [0.4, 0.5) is 4.39 Å². The Morgan fingerprint density at radius 3 is 2.84 bits per heavy atom. The van der Waals surface area contributed by atoms with Gasteiger partial charge in [-0.15, -0.1) is 0 Å². The molecule has 19 heavy (non-hydrogen) atoms. The molecule has 3 rings (SSSR count). The number of hydrogen-bond donors (Lipinski definition) is 1. The van der Waals surface area contributed by atoms with Crippen molar-refractivity contribution < 1.29 is 4.39 Å². The van der Waals surface area contributed by atoms with Gasteiger partial charge in [0, 0.05) is 12.5 Å². The van der Waals surface area contributed by atoms with Gasteiger partial charge in [-0.2, -0.15) is 0 Å². The van der Waals surface area contributed by atoms with Crippen molar-refractivity contribution in [3.8, 4) is 0 Å². The molecular formula is C15H20FN3. The number of imidazole rings is 1. The normalized spacial score (nSPS) is 15.3. The van der Waals surface area contributed by atoms with Crippen molar-refractivity contribution in [2.24, 2.45) is 5.73 Å².